The van der Waals surface area contributed by atoms with Crippen molar-refractivity contribution in [3.8, 4) is 5.75 Å². The van der Waals surface area contributed by atoms with Gasteiger partial charge in [-0.05, 0) is 56.2 Å². The third-order valence-electron chi connectivity index (χ3n) is 9.44. The molecule has 0 bridgehead atoms. The number of piperazine rings is 1. The number of aliphatic hydroxyl groups excluding tert-OH is 2. The topological polar surface area (TPSA) is 102 Å². The Morgan fingerprint density at radius 3 is 2.09 bits per heavy atom. The van der Waals surface area contributed by atoms with E-state index in [4.69, 9.17) is 37.9 Å². The van der Waals surface area contributed by atoms with Crippen molar-refractivity contribution in [1.82, 2.24) is 19.7 Å². The lowest BCUT2D eigenvalue weighted by Gasteiger charge is -2.47. The monoisotopic (exact) mass is 681 g/mol. The van der Waals surface area contributed by atoms with Crippen LogP contribution in [0.2, 0.25) is 10.0 Å². The van der Waals surface area contributed by atoms with Crippen molar-refractivity contribution in [1.29, 1.82) is 0 Å². The molecule has 2 aromatic carbocycles. The summed E-state index contributed by atoms with van der Waals surface area (Å²) in [6, 6.07) is 16.9. The van der Waals surface area contributed by atoms with Crippen molar-refractivity contribution in [2.75, 3.05) is 45.9 Å². The highest BCUT2D eigenvalue weighted by molar-refractivity contribution is 6.30. The molecule has 5 rings (SSSR count). The minimum Gasteiger partial charge on any atom is -0.493 e. The molecule has 9 nitrogen and oxygen atoms in total. The van der Waals surface area contributed by atoms with Crippen molar-refractivity contribution >= 4 is 35.1 Å². The summed E-state index contributed by atoms with van der Waals surface area (Å²) in [5, 5.41) is 20.6. The molecule has 47 heavy (non-hydrogen) atoms. The maximum atomic E-state index is 15.0. The Bertz CT molecular complexity index is 1600. The van der Waals surface area contributed by atoms with Gasteiger partial charge in [-0.3, -0.25) is 19.8 Å². The molecule has 252 valence electrons. The highest BCUT2D eigenvalue weighted by Gasteiger charge is 2.60. The third-order valence-corrected chi connectivity index (χ3v) is 9.94. The summed E-state index contributed by atoms with van der Waals surface area (Å²) in [6.45, 7) is 14.8. The van der Waals surface area contributed by atoms with Crippen LogP contribution in [0.15, 0.2) is 65.8 Å². The number of aliphatic hydroxyl groups is 2. The number of aromatic nitrogens is 1. The van der Waals surface area contributed by atoms with E-state index in [0.29, 0.717) is 66.5 Å². The van der Waals surface area contributed by atoms with Crippen LogP contribution in [-0.4, -0.2) is 93.8 Å². The molecule has 1 fully saturated rings. The second-order valence-electron chi connectivity index (χ2n) is 13.6. The fraction of sp³-hybridized carbons (Fsp3) is 0.472. The molecule has 0 radical (unpaired) electrons. The largest absolute Gasteiger partial charge is 0.493 e. The molecule has 0 saturated carbocycles. The first-order valence-electron chi connectivity index (χ1n) is 16.1. The molecule has 1 saturated heterocycles. The van der Waals surface area contributed by atoms with Crippen molar-refractivity contribution in [2.24, 2.45) is 4.99 Å². The highest BCUT2D eigenvalue weighted by atomic mass is 35.5. The van der Waals surface area contributed by atoms with E-state index in [1.807, 2.05) is 80.3 Å². The first kappa shape index (κ1) is 35.1. The van der Waals surface area contributed by atoms with Crippen LogP contribution in [0.4, 0.5) is 4.79 Å². The Kier molecular flexibility index (Phi) is 10.3. The van der Waals surface area contributed by atoms with Gasteiger partial charge in [0, 0.05) is 66.1 Å². The predicted octanol–water partition coefficient (Wildman–Crippen LogP) is 6.07. The number of pyridine rings is 1. The number of carbonyl (C=O) groups excluding carboxylic acids is 1. The Balaban J connectivity index is 1.71. The van der Waals surface area contributed by atoms with Gasteiger partial charge in [-0.1, -0.05) is 68.2 Å². The molecule has 2 amide bonds. The molecule has 0 spiro atoms. The number of hydrogen-bond donors (Lipinski definition) is 2. The molecule has 2 N–H and O–H groups in total. The number of urea groups is 1. The average molecular weight is 683 g/mol. The van der Waals surface area contributed by atoms with Gasteiger partial charge in [-0.2, -0.15) is 0 Å². The van der Waals surface area contributed by atoms with E-state index in [-0.39, 0.29) is 18.1 Å². The first-order valence-corrected chi connectivity index (χ1v) is 16.8. The molecule has 2 aliphatic heterocycles. The van der Waals surface area contributed by atoms with Gasteiger partial charge >= 0.3 is 6.03 Å². The normalized spacial score (nSPS) is 22.7. The lowest BCUT2D eigenvalue weighted by atomic mass is 9.71. The highest BCUT2D eigenvalue weighted by Crippen LogP contribution is 2.54. The zero-order valence-electron chi connectivity index (χ0n) is 28.0. The van der Waals surface area contributed by atoms with Crippen LogP contribution < -0.4 is 4.74 Å². The second-order valence-corrected chi connectivity index (χ2v) is 14.5. The van der Waals surface area contributed by atoms with E-state index in [0.717, 1.165) is 16.8 Å². The molecule has 2 aliphatic rings. The zero-order chi connectivity index (χ0) is 34.1. The number of hydrogen-bond acceptors (Lipinski definition) is 7. The Labute approximate surface area is 287 Å². The molecule has 3 heterocycles. The van der Waals surface area contributed by atoms with Gasteiger partial charge in [0.25, 0.3) is 0 Å². The van der Waals surface area contributed by atoms with Crippen LogP contribution in [0.3, 0.4) is 0 Å². The summed E-state index contributed by atoms with van der Waals surface area (Å²) in [5.41, 5.74) is 0.986. The van der Waals surface area contributed by atoms with Crippen LogP contribution in [0, 0.1) is 0 Å². The minimum absolute atomic E-state index is 0.205. The van der Waals surface area contributed by atoms with E-state index < -0.39 is 17.2 Å². The van der Waals surface area contributed by atoms with Crippen LogP contribution in [0.1, 0.15) is 63.9 Å². The maximum Gasteiger partial charge on any atom is 0.326 e. The standard InChI is InChI=1S/C36H45Cl2N5O4/c1-7-47-30-20-31(34(2,3)4)39-21-29(30)32-40-35(5,24-8-12-26(37)13-9-24)36(6,25-10-14-27(38)15-11-25)43(32)33(46)42-18-16-41(17-19-42)22-28(45)23-44/h8-15,20-21,28,44-45H,7,16-19,22-23H2,1-6H3/t28-,35-,36-/m0/s1. The van der Waals surface area contributed by atoms with Gasteiger partial charge in [-0.15, -0.1) is 0 Å². The van der Waals surface area contributed by atoms with Crippen molar-refractivity contribution in [3.63, 3.8) is 0 Å². The molecule has 0 unspecified atom stereocenters. The fourth-order valence-corrected chi connectivity index (χ4v) is 6.73. The Hall–Kier alpha value is -3.21. The summed E-state index contributed by atoms with van der Waals surface area (Å²) < 4.78 is 6.24. The van der Waals surface area contributed by atoms with E-state index >= 15 is 4.79 Å². The van der Waals surface area contributed by atoms with Crippen molar-refractivity contribution in [2.45, 2.75) is 64.1 Å². The van der Waals surface area contributed by atoms with Gasteiger partial charge in [0.15, 0.2) is 0 Å². The predicted molar refractivity (Wildman–Crippen MR) is 187 cm³/mol. The molecular weight excluding hydrogens is 637 g/mol. The van der Waals surface area contributed by atoms with Gasteiger partial charge < -0.3 is 19.8 Å². The van der Waals surface area contributed by atoms with E-state index in [1.165, 1.54) is 0 Å². The van der Waals surface area contributed by atoms with Crippen molar-refractivity contribution in [3.05, 3.63) is 93.2 Å². The van der Waals surface area contributed by atoms with E-state index in [2.05, 4.69) is 25.7 Å². The molecule has 0 aliphatic carbocycles. The summed E-state index contributed by atoms with van der Waals surface area (Å²) in [4.78, 5) is 31.1. The number of benzene rings is 2. The number of amidine groups is 1. The lowest BCUT2D eigenvalue weighted by Crippen LogP contribution is -2.61. The van der Waals surface area contributed by atoms with Crippen LogP contribution in [0.25, 0.3) is 0 Å². The van der Waals surface area contributed by atoms with Crippen LogP contribution >= 0.6 is 23.2 Å². The number of nitrogens with zero attached hydrogens (tertiary/aromatic N) is 5. The summed E-state index contributed by atoms with van der Waals surface area (Å²) in [7, 11) is 0. The number of β-amino-alcohol motifs (C(OH)–C–C–N with tert-alkyl or cyclic N) is 1. The molecule has 11 heteroatoms. The quantitative estimate of drug-likeness (QED) is 0.299. The number of carbonyl (C=O) groups is 1. The third kappa shape index (κ3) is 6.74. The average Bonchev–Trinajstić information content (AvgIpc) is 3.29. The number of aliphatic imine (C=N–C) groups is 1. The first-order chi connectivity index (χ1) is 22.2. The number of amides is 2. The van der Waals surface area contributed by atoms with Crippen LogP contribution in [0.5, 0.6) is 5.75 Å². The number of rotatable bonds is 8. The fourth-order valence-electron chi connectivity index (χ4n) is 6.48. The number of ether oxygens (including phenoxy) is 1. The molecule has 3 aromatic rings. The lowest BCUT2D eigenvalue weighted by molar-refractivity contribution is 0.0390. The SMILES string of the molecule is CCOc1cc(C(C)(C)C)ncc1C1=N[C@@](C)(c2ccc(Cl)cc2)[C@](C)(c2ccc(Cl)cc2)N1C(=O)N1CCN(C[C@H](O)CO)CC1. The van der Waals surface area contributed by atoms with Crippen LogP contribution in [-0.2, 0) is 16.5 Å². The molecule has 3 atom stereocenters. The molecule has 1 aromatic heterocycles. The van der Waals surface area contributed by atoms with Gasteiger partial charge in [0.1, 0.15) is 22.7 Å². The summed E-state index contributed by atoms with van der Waals surface area (Å²) in [5.74, 6) is 1.06. The van der Waals surface area contributed by atoms with Gasteiger partial charge in [0.2, 0.25) is 0 Å². The van der Waals surface area contributed by atoms with Crippen molar-refractivity contribution < 1.29 is 19.7 Å². The van der Waals surface area contributed by atoms with Gasteiger partial charge in [-0.25, -0.2) is 4.79 Å². The summed E-state index contributed by atoms with van der Waals surface area (Å²) in [6.07, 6.45) is 0.942. The Morgan fingerprint density at radius 2 is 1.55 bits per heavy atom. The zero-order valence-corrected chi connectivity index (χ0v) is 29.5. The second kappa shape index (κ2) is 13.7. The minimum atomic E-state index is -1.03. The summed E-state index contributed by atoms with van der Waals surface area (Å²) >= 11 is 12.7. The van der Waals surface area contributed by atoms with E-state index in [9.17, 15) is 10.2 Å². The smallest absolute Gasteiger partial charge is 0.326 e. The Morgan fingerprint density at radius 1 is 0.979 bits per heavy atom. The van der Waals surface area contributed by atoms with E-state index in [1.54, 1.807) is 11.1 Å². The van der Waals surface area contributed by atoms with Gasteiger partial charge in [0.05, 0.1) is 24.9 Å². The maximum absolute atomic E-state index is 15.0. The molecular formula is C36H45Cl2N5O4. The number of halogens is 2.